The van der Waals surface area contributed by atoms with Gasteiger partial charge in [-0.15, -0.1) is 0 Å². The van der Waals surface area contributed by atoms with Crippen LogP contribution < -0.4 is 4.72 Å². The number of halogens is 3. The Morgan fingerprint density at radius 3 is 2.32 bits per heavy atom. The van der Waals surface area contributed by atoms with Gasteiger partial charge in [0.2, 0.25) is 15.9 Å². The summed E-state index contributed by atoms with van der Waals surface area (Å²) >= 11 is 0. The Morgan fingerprint density at radius 1 is 1.21 bits per heavy atom. The maximum atomic E-state index is 13.3. The van der Waals surface area contributed by atoms with Crippen LogP contribution >= 0.6 is 0 Å². The summed E-state index contributed by atoms with van der Waals surface area (Å²) in [5, 5.41) is 0. The number of carbonyl (C=O) groups excluding carboxylic acids is 1. The van der Waals surface area contributed by atoms with Gasteiger partial charge in [-0.3, -0.25) is 4.79 Å². The van der Waals surface area contributed by atoms with E-state index < -0.39 is 44.8 Å². The highest BCUT2D eigenvalue weighted by Crippen LogP contribution is 2.19. The van der Waals surface area contributed by atoms with Crippen molar-refractivity contribution in [2.75, 3.05) is 20.6 Å². The van der Waals surface area contributed by atoms with Gasteiger partial charge in [-0.25, -0.2) is 26.3 Å². The zero-order chi connectivity index (χ0) is 14.8. The molecule has 0 heterocycles. The molecule has 106 valence electrons. The van der Waals surface area contributed by atoms with Gasteiger partial charge < -0.3 is 4.90 Å². The maximum absolute atomic E-state index is 13.3. The van der Waals surface area contributed by atoms with Crippen LogP contribution in [0.25, 0.3) is 0 Å². The molecule has 0 saturated carbocycles. The molecule has 0 unspecified atom stereocenters. The van der Waals surface area contributed by atoms with Gasteiger partial charge >= 0.3 is 0 Å². The highest BCUT2D eigenvalue weighted by Gasteiger charge is 2.24. The largest absolute Gasteiger partial charge is 0.348 e. The van der Waals surface area contributed by atoms with Gasteiger partial charge in [-0.2, -0.15) is 0 Å². The van der Waals surface area contributed by atoms with E-state index in [0.29, 0.717) is 12.1 Å². The molecule has 0 aliphatic heterocycles. The van der Waals surface area contributed by atoms with Crippen LogP contribution in [-0.4, -0.2) is 39.9 Å². The van der Waals surface area contributed by atoms with Crippen molar-refractivity contribution in [1.82, 2.24) is 9.62 Å². The molecule has 0 atom stereocenters. The SMILES string of the molecule is CN(C)C(=O)CNS(=O)(=O)c1ccc(F)c(F)c1F. The predicted octanol–water partition coefficient (Wildman–Crippen LogP) is 0.470. The second-order valence-corrected chi connectivity index (χ2v) is 5.52. The molecule has 0 fully saturated rings. The Balaban J connectivity index is 3.02. The average molecular weight is 296 g/mol. The van der Waals surface area contributed by atoms with Crippen LogP contribution in [0.4, 0.5) is 13.2 Å². The fraction of sp³-hybridized carbons (Fsp3) is 0.300. The highest BCUT2D eigenvalue weighted by molar-refractivity contribution is 7.89. The quantitative estimate of drug-likeness (QED) is 0.821. The third-order valence-corrected chi connectivity index (χ3v) is 3.62. The number of amides is 1. The van der Waals surface area contributed by atoms with E-state index in [1.807, 2.05) is 0 Å². The van der Waals surface area contributed by atoms with Gasteiger partial charge in [-0.1, -0.05) is 0 Å². The second kappa shape index (κ2) is 5.57. The lowest BCUT2D eigenvalue weighted by Crippen LogP contribution is -2.36. The predicted molar refractivity (Wildman–Crippen MR) is 60.2 cm³/mol. The normalized spacial score (nSPS) is 11.4. The third kappa shape index (κ3) is 3.44. The Kier molecular flexibility index (Phi) is 4.53. The van der Waals surface area contributed by atoms with Crippen molar-refractivity contribution >= 4 is 15.9 Å². The Morgan fingerprint density at radius 2 is 1.79 bits per heavy atom. The smallest absolute Gasteiger partial charge is 0.244 e. The molecule has 0 aliphatic rings. The molecule has 9 heteroatoms. The molecule has 0 spiro atoms. The van der Waals surface area contributed by atoms with Gasteiger partial charge in [0.15, 0.2) is 17.5 Å². The first-order valence-corrected chi connectivity index (χ1v) is 6.48. The number of nitrogens with one attached hydrogen (secondary N) is 1. The lowest BCUT2D eigenvalue weighted by Gasteiger charge is -2.12. The number of likely N-dealkylation sites (N-methyl/N-ethyl adjacent to an activating group) is 1. The number of sulfonamides is 1. The second-order valence-electron chi connectivity index (χ2n) is 3.79. The summed E-state index contributed by atoms with van der Waals surface area (Å²) in [6.45, 7) is -0.617. The number of hydrogen-bond donors (Lipinski definition) is 1. The van der Waals surface area contributed by atoms with Gasteiger partial charge in [0, 0.05) is 14.1 Å². The van der Waals surface area contributed by atoms with Crippen molar-refractivity contribution in [3.05, 3.63) is 29.6 Å². The molecular formula is C10H11F3N2O3S. The lowest BCUT2D eigenvalue weighted by atomic mass is 10.3. The van der Waals surface area contributed by atoms with Gasteiger partial charge in [0.25, 0.3) is 0 Å². The summed E-state index contributed by atoms with van der Waals surface area (Å²) in [7, 11) is -1.64. The summed E-state index contributed by atoms with van der Waals surface area (Å²) in [5.41, 5.74) is 0. The molecule has 1 amide bonds. The van der Waals surface area contributed by atoms with Crippen LogP contribution in [0.1, 0.15) is 0 Å². The van der Waals surface area contributed by atoms with Gasteiger partial charge in [-0.05, 0) is 12.1 Å². The van der Waals surface area contributed by atoms with Gasteiger partial charge in [0.1, 0.15) is 4.90 Å². The molecule has 19 heavy (non-hydrogen) atoms. The first-order chi connectivity index (χ1) is 8.66. The molecule has 1 rings (SSSR count). The standard InChI is InChI=1S/C10H11F3N2O3S/c1-15(2)8(16)5-14-19(17,18)7-4-3-6(11)9(12)10(7)13/h3-4,14H,5H2,1-2H3. The van der Waals surface area contributed by atoms with Gasteiger partial charge in [0.05, 0.1) is 6.54 Å². The average Bonchev–Trinajstić information content (AvgIpc) is 2.32. The first kappa shape index (κ1) is 15.4. The number of benzene rings is 1. The molecule has 1 aromatic carbocycles. The van der Waals surface area contributed by atoms with E-state index in [1.165, 1.54) is 14.1 Å². The van der Waals surface area contributed by atoms with Crippen LogP contribution in [0.15, 0.2) is 17.0 Å². The fourth-order valence-corrected chi connectivity index (χ4v) is 2.15. The van der Waals surface area contributed by atoms with Crippen molar-refractivity contribution in [3.63, 3.8) is 0 Å². The lowest BCUT2D eigenvalue weighted by molar-refractivity contribution is -0.127. The molecule has 0 aliphatic carbocycles. The minimum absolute atomic E-state index is 0.487. The summed E-state index contributed by atoms with van der Waals surface area (Å²) in [5.74, 6) is -5.79. The fourth-order valence-electron chi connectivity index (χ4n) is 1.11. The zero-order valence-electron chi connectivity index (χ0n) is 10.1. The monoisotopic (exact) mass is 296 g/mol. The molecule has 0 bridgehead atoms. The van der Waals surface area contributed by atoms with E-state index in [1.54, 1.807) is 4.72 Å². The Labute approximate surface area is 108 Å². The summed E-state index contributed by atoms with van der Waals surface area (Å²) in [6, 6.07) is 1.07. The number of carbonyl (C=O) groups is 1. The Bertz CT molecular complexity index is 602. The van der Waals surface area contributed by atoms with E-state index in [2.05, 4.69) is 0 Å². The molecule has 5 nitrogen and oxygen atoms in total. The summed E-state index contributed by atoms with van der Waals surface area (Å²) in [4.78, 5) is 11.3. The third-order valence-electron chi connectivity index (χ3n) is 2.20. The van der Waals surface area contributed by atoms with Crippen molar-refractivity contribution in [3.8, 4) is 0 Å². The van der Waals surface area contributed by atoms with Crippen molar-refractivity contribution in [2.45, 2.75) is 4.90 Å². The van der Waals surface area contributed by atoms with Crippen LogP contribution in [-0.2, 0) is 14.8 Å². The highest BCUT2D eigenvalue weighted by atomic mass is 32.2. The minimum Gasteiger partial charge on any atom is -0.348 e. The first-order valence-electron chi connectivity index (χ1n) is 5.00. The minimum atomic E-state index is -4.44. The number of nitrogens with zero attached hydrogens (tertiary/aromatic N) is 1. The molecule has 0 aromatic heterocycles. The maximum Gasteiger partial charge on any atom is 0.244 e. The number of hydrogen-bond acceptors (Lipinski definition) is 3. The van der Waals surface area contributed by atoms with Crippen molar-refractivity contribution in [1.29, 1.82) is 0 Å². The Hall–Kier alpha value is -1.61. The number of rotatable bonds is 4. The van der Waals surface area contributed by atoms with Crippen molar-refractivity contribution < 1.29 is 26.4 Å². The molecule has 1 aromatic rings. The summed E-state index contributed by atoms with van der Waals surface area (Å²) in [6.07, 6.45) is 0. The van der Waals surface area contributed by atoms with Crippen LogP contribution in [0, 0.1) is 17.5 Å². The molecular weight excluding hydrogens is 285 g/mol. The van der Waals surface area contributed by atoms with Crippen LogP contribution in [0.5, 0.6) is 0 Å². The van der Waals surface area contributed by atoms with Crippen molar-refractivity contribution in [2.24, 2.45) is 0 Å². The molecule has 1 N–H and O–H groups in total. The van der Waals surface area contributed by atoms with Crippen LogP contribution in [0.3, 0.4) is 0 Å². The molecule has 0 radical (unpaired) electrons. The van der Waals surface area contributed by atoms with E-state index in [-0.39, 0.29) is 0 Å². The molecule has 0 saturated heterocycles. The van der Waals surface area contributed by atoms with E-state index in [4.69, 9.17) is 0 Å². The van der Waals surface area contributed by atoms with Crippen LogP contribution in [0.2, 0.25) is 0 Å². The topological polar surface area (TPSA) is 66.5 Å². The van der Waals surface area contributed by atoms with E-state index >= 15 is 0 Å². The zero-order valence-corrected chi connectivity index (χ0v) is 10.9. The van der Waals surface area contributed by atoms with E-state index in [9.17, 15) is 26.4 Å². The summed E-state index contributed by atoms with van der Waals surface area (Å²) < 4.78 is 64.0. The van der Waals surface area contributed by atoms with E-state index in [0.717, 1.165) is 4.90 Å².